The van der Waals surface area contributed by atoms with Gasteiger partial charge in [0.25, 0.3) is 0 Å². The number of aliphatic hydroxyl groups is 1. The molecular formula is C23H23NO2. The number of carbonyl (C=O) groups is 1. The molecule has 3 rings (SSSR count). The molecule has 2 N–H and O–H groups in total. The molecule has 0 aromatic heterocycles. The number of rotatable bonds is 6. The fraction of sp³-hybridized carbons (Fsp3) is 0.174. The van der Waals surface area contributed by atoms with Crippen molar-refractivity contribution in [1.29, 1.82) is 0 Å². The van der Waals surface area contributed by atoms with Gasteiger partial charge < -0.3 is 10.4 Å². The number of benzene rings is 3. The maximum Gasteiger partial charge on any atom is 0.220 e. The zero-order chi connectivity index (χ0) is 18.4. The number of hydrogen-bond donors (Lipinski definition) is 2. The summed E-state index contributed by atoms with van der Waals surface area (Å²) in [7, 11) is 1.62. The van der Waals surface area contributed by atoms with E-state index >= 15 is 0 Å². The summed E-state index contributed by atoms with van der Waals surface area (Å²) in [5.74, 6) is -0.530. The summed E-state index contributed by atoms with van der Waals surface area (Å²) < 4.78 is 0. The van der Waals surface area contributed by atoms with Crippen molar-refractivity contribution in [2.75, 3.05) is 7.05 Å². The monoisotopic (exact) mass is 345 g/mol. The molecule has 0 fully saturated rings. The molecule has 132 valence electrons. The van der Waals surface area contributed by atoms with E-state index in [1.807, 2.05) is 91.0 Å². The first kappa shape index (κ1) is 17.9. The van der Waals surface area contributed by atoms with E-state index in [0.29, 0.717) is 0 Å². The van der Waals surface area contributed by atoms with Crippen molar-refractivity contribution >= 4 is 5.91 Å². The molecular weight excluding hydrogens is 322 g/mol. The lowest BCUT2D eigenvalue weighted by Crippen LogP contribution is -2.37. The second-order valence-corrected chi connectivity index (χ2v) is 6.34. The van der Waals surface area contributed by atoms with Crippen molar-refractivity contribution in [2.45, 2.75) is 17.9 Å². The van der Waals surface area contributed by atoms with Gasteiger partial charge in [0, 0.05) is 19.4 Å². The zero-order valence-electron chi connectivity index (χ0n) is 14.8. The zero-order valence-corrected chi connectivity index (χ0v) is 14.8. The van der Waals surface area contributed by atoms with Crippen LogP contribution in [0.2, 0.25) is 0 Å². The Morgan fingerprint density at radius 3 is 1.69 bits per heavy atom. The number of nitrogens with one attached hydrogen (secondary N) is 1. The summed E-state index contributed by atoms with van der Waals surface area (Å²) in [5.41, 5.74) is 1.13. The second-order valence-electron chi connectivity index (χ2n) is 6.34. The Hall–Kier alpha value is -2.91. The summed E-state index contributed by atoms with van der Waals surface area (Å²) in [5, 5.41) is 14.7. The number of hydrogen-bond acceptors (Lipinski definition) is 2. The maximum atomic E-state index is 12.3. The molecule has 3 aromatic carbocycles. The molecule has 3 nitrogen and oxygen atoms in total. The van der Waals surface area contributed by atoms with Crippen LogP contribution in [0.4, 0.5) is 0 Å². The fourth-order valence-corrected chi connectivity index (χ4v) is 3.43. The van der Waals surface area contributed by atoms with E-state index in [9.17, 15) is 9.90 Å². The Balaban J connectivity index is 2.21. The first-order chi connectivity index (χ1) is 12.7. The van der Waals surface area contributed by atoms with Crippen LogP contribution in [0.15, 0.2) is 91.0 Å². The number of amides is 1. The van der Waals surface area contributed by atoms with E-state index in [4.69, 9.17) is 0 Å². The number of carbonyl (C=O) groups excluding carboxylic acids is 1. The van der Waals surface area contributed by atoms with Gasteiger partial charge >= 0.3 is 0 Å². The normalized spacial score (nSPS) is 12.4. The van der Waals surface area contributed by atoms with Crippen molar-refractivity contribution in [2.24, 2.45) is 0 Å². The minimum atomic E-state index is -1.32. The van der Waals surface area contributed by atoms with E-state index in [2.05, 4.69) is 5.32 Å². The van der Waals surface area contributed by atoms with Gasteiger partial charge in [0.05, 0.1) is 0 Å². The Morgan fingerprint density at radius 1 is 0.846 bits per heavy atom. The van der Waals surface area contributed by atoms with Gasteiger partial charge in [-0.15, -0.1) is 0 Å². The first-order valence-electron chi connectivity index (χ1n) is 8.75. The third-order valence-electron chi connectivity index (χ3n) is 4.80. The molecule has 0 aliphatic heterocycles. The van der Waals surface area contributed by atoms with E-state index < -0.39 is 11.5 Å². The summed E-state index contributed by atoms with van der Waals surface area (Å²) in [6, 6.07) is 28.8. The lowest BCUT2D eigenvalue weighted by Gasteiger charge is -2.37. The molecule has 3 heteroatoms. The quantitative estimate of drug-likeness (QED) is 0.713. The van der Waals surface area contributed by atoms with Crippen LogP contribution in [0.25, 0.3) is 0 Å². The predicted octanol–water partition coefficient (Wildman–Crippen LogP) is 3.84. The SMILES string of the molecule is CNC(=O)C[C@H](c1ccccc1)C(O)(c1ccccc1)c1ccccc1. The highest BCUT2D eigenvalue weighted by Crippen LogP contribution is 2.44. The van der Waals surface area contributed by atoms with Crippen molar-refractivity contribution in [1.82, 2.24) is 5.32 Å². The second kappa shape index (κ2) is 7.98. The molecule has 26 heavy (non-hydrogen) atoms. The van der Waals surface area contributed by atoms with Gasteiger partial charge in [-0.1, -0.05) is 91.0 Å². The van der Waals surface area contributed by atoms with Crippen LogP contribution in [0.3, 0.4) is 0 Å². The van der Waals surface area contributed by atoms with Gasteiger partial charge in [0.2, 0.25) is 5.91 Å². The third kappa shape index (κ3) is 3.53. The molecule has 0 radical (unpaired) electrons. The van der Waals surface area contributed by atoms with Gasteiger partial charge in [-0.2, -0.15) is 0 Å². The van der Waals surface area contributed by atoms with Crippen molar-refractivity contribution in [3.8, 4) is 0 Å². The van der Waals surface area contributed by atoms with Gasteiger partial charge in [-0.25, -0.2) is 0 Å². The highest BCUT2D eigenvalue weighted by molar-refractivity contribution is 5.77. The molecule has 0 aliphatic rings. The van der Waals surface area contributed by atoms with Crippen LogP contribution in [0.1, 0.15) is 29.0 Å². The van der Waals surface area contributed by atoms with Crippen molar-refractivity contribution in [3.05, 3.63) is 108 Å². The van der Waals surface area contributed by atoms with Crippen molar-refractivity contribution in [3.63, 3.8) is 0 Å². The minimum absolute atomic E-state index is 0.107. The van der Waals surface area contributed by atoms with Crippen LogP contribution < -0.4 is 5.32 Å². The highest BCUT2D eigenvalue weighted by atomic mass is 16.3. The van der Waals surface area contributed by atoms with Crippen LogP contribution in [-0.2, 0) is 10.4 Å². The molecule has 0 unspecified atom stereocenters. The average molecular weight is 345 g/mol. The predicted molar refractivity (Wildman–Crippen MR) is 104 cm³/mol. The standard InChI is InChI=1S/C23H23NO2/c1-24-22(25)17-21(18-11-5-2-6-12-18)23(26,19-13-7-3-8-14-19)20-15-9-4-10-16-20/h2-16,21,26H,17H2,1H3,(H,24,25)/t21-/m1/s1. The summed E-state index contributed by atoms with van der Waals surface area (Å²) in [6.45, 7) is 0. The van der Waals surface area contributed by atoms with E-state index in [-0.39, 0.29) is 12.3 Å². The van der Waals surface area contributed by atoms with Crippen LogP contribution in [0.5, 0.6) is 0 Å². The Kier molecular flexibility index (Phi) is 5.49. The van der Waals surface area contributed by atoms with Gasteiger partial charge in [0.1, 0.15) is 5.60 Å². The van der Waals surface area contributed by atoms with Crippen molar-refractivity contribution < 1.29 is 9.90 Å². The molecule has 0 aliphatic carbocycles. The molecule has 0 saturated heterocycles. The smallest absolute Gasteiger partial charge is 0.220 e. The molecule has 0 bridgehead atoms. The van der Waals surface area contributed by atoms with Crippen LogP contribution >= 0.6 is 0 Å². The van der Waals surface area contributed by atoms with E-state index in [1.54, 1.807) is 7.05 Å². The lowest BCUT2D eigenvalue weighted by atomic mass is 9.71. The maximum absolute atomic E-state index is 12.3. The Bertz CT molecular complexity index is 792. The Morgan fingerprint density at radius 2 is 1.27 bits per heavy atom. The van der Waals surface area contributed by atoms with Gasteiger partial charge in [-0.3, -0.25) is 4.79 Å². The Labute approximate surface area is 154 Å². The van der Waals surface area contributed by atoms with E-state index in [0.717, 1.165) is 16.7 Å². The van der Waals surface area contributed by atoms with Crippen LogP contribution in [-0.4, -0.2) is 18.1 Å². The third-order valence-corrected chi connectivity index (χ3v) is 4.80. The topological polar surface area (TPSA) is 49.3 Å². The summed E-state index contributed by atoms with van der Waals surface area (Å²) in [4.78, 5) is 12.3. The van der Waals surface area contributed by atoms with Crippen LogP contribution in [0, 0.1) is 0 Å². The molecule has 1 atom stereocenters. The van der Waals surface area contributed by atoms with Gasteiger partial charge in [-0.05, 0) is 16.7 Å². The highest BCUT2D eigenvalue weighted by Gasteiger charge is 2.41. The lowest BCUT2D eigenvalue weighted by molar-refractivity contribution is -0.122. The van der Waals surface area contributed by atoms with Gasteiger partial charge in [0.15, 0.2) is 0 Å². The molecule has 0 spiro atoms. The summed E-state index contributed by atoms with van der Waals surface area (Å²) in [6.07, 6.45) is 0.181. The molecule has 0 heterocycles. The fourth-order valence-electron chi connectivity index (χ4n) is 3.43. The molecule has 0 saturated carbocycles. The minimum Gasteiger partial charge on any atom is -0.380 e. The largest absolute Gasteiger partial charge is 0.380 e. The summed E-state index contributed by atoms with van der Waals surface area (Å²) >= 11 is 0. The molecule has 3 aromatic rings. The molecule has 1 amide bonds. The average Bonchev–Trinajstić information content (AvgIpc) is 2.73. The first-order valence-corrected chi connectivity index (χ1v) is 8.75. The van der Waals surface area contributed by atoms with E-state index in [1.165, 1.54) is 0 Å².